The summed E-state index contributed by atoms with van der Waals surface area (Å²) >= 11 is 0. The first-order valence-corrected chi connectivity index (χ1v) is 8.12. The first-order chi connectivity index (χ1) is 13.4. The second-order valence-electron chi connectivity index (χ2n) is 6.06. The van der Waals surface area contributed by atoms with Crippen LogP contribution in [0.3, 0.4) is 0 Å². The summed E-state index contributed by atoms with van der Waals surface area (Å²) in [6, 6.07) is 7.81. The standard InChI is InChI=1S/C18H11F3N6O/c19-18(20,21)12-7-24-16(25-8-12)26-10-13(5-22)27(17(26)28)15-9-23-6-11-3-1-2-4-14(11)15/h1-4,6-9,13H,10H2/t13-/m0/s1. The van der Waals surface area contributed by atoms with Crippen LogP contribution < -0.4 is 9.80 Å². The minimum atomic E-state index is -4.58. The first-order valence-electron chi connectivity index (χ1n) is 8.12. The number of aromatic nitrogens is 3. The molecule has 1 aromatic carbocycles. The number of halogens is 3. The van der Waals surface area contributed by atoms with E-state index in [4.69, 9.17) is 0 Å². The van der Waals surface area contributed by atoms with Crippen LogP contribution in [0.1, 0.15) is 5.56 Å². The smallest absolute Gasteiger partial charge is 0.273 e. The van der Waals surface area contributed by atoms with Crippen LogP contribution in [0.15, 0.2) is 49.1 Å². The van der Waals surface area contributed by atoms with E-state index in [1.807, 2.05) is 18.2 Å². The first kappa shape index (κ1) is 17.7. The Morgan fingerprint density at radius 3 is 2.50 bits per heavy atom. The second kappa shape index (κ2) is 6.45. The molecule has 0 saturated carbocycles. The number of hydrogen-bond acceptors (Lipinski definition) is 5. The van der Waals surface area contributed by atoms with Crippen LogP contribution in [0.5, 0.6) is 0 Å². The molecule has 140 valence electrons. The molecule has 0 unspecified atom stereocenters. The number of alkyl halides is 3. The number of carbonyl (C=O) groups is 1. The van der Waals surface area contributed by atoms with Crippen LogP contribution in [-0.4, -0.2) is 33.6 Å². The van der Waals surface area contributed by atoms with Gasteiger partial charge in [-0.15, -0.1) is 0 Å². The lowest BCUT2D eigenvalue weighted by atomic mass is 10.1. The molecule has 2 aromatic heterocycles. The van der Waals surface area contributed by atoms with E-state index in [0.29, 0.717) is 18.1 Å². The Labute approximate surface area is 156 Å². The van der Waals surface area contributed by atoms with Crippen LogP contribution in [0.25, 0.3) is 10.8 Å². The molecule has 1 fully saturated rings. The van der Waals surface area contributed by atoms with E-state index < -0.39 is 23.8 Å². The average Bonchev–Trinajstić information content (AvgIpc) is 3.03. The van der Waals surface area contributed by atoms with Crippen LogP contribution in [0.2, 0.25) is 0 Å². The third kappa shape index (κ3) is 2.87. The van der Waals surface area contributed by atoms with Crippen LogP contribution >= 0.6 is 0 Å². The van der Waals surface area contributed by atoms with E-state index in [0.717, 1.165) is 15.7 Å². The molecule has 1 aliphatic rings. The molecule has 3 heterocycles. The summed E-state index contributed by atoms with van der Waals surface area (Å²) < 4.78 is 38.1. The summed E-state index contributed by atoms with van der Waals surface area (Å²) in [5.74, 6) is -0.200. The molecule has 0 radical (unpaired) electrons. The highest BCUT2D eigenvalue weighted by molar-refractivity contribution is 6.11. The highest BCUT2D eigenvalue weighted by Gasteiger charge is 2.41. The minimum Gasteiger partial charge on any atom is -0.273 e. The lowest BCUT2D eigenvalue weighted by molar-refractivity contribution is -0.138. The van der Waals surface area contributed by atoms with Crippen molar-refractivity contribution in [1.29, 1.82) is 5.26 Å². The number of hydrogen-bond donors (Lipinski definition) is 0. The summed E-state index contributed by atoms with van der Waals surface area (Å²) in [5.41, 5.74) is -0.584. The maximum Gasteiger partial charge on any atom is 0.419 e. The Bertz CT molecular complexity index is 1090. The van der Waals surface area contributed by atoms with E-state index in [1.165, 1.54) is 11.1 Å². The van der Waals surface area contributed by atoms with Gasteiger partial charge in [-0.1, -0.05) is 24.3 Å². The van der Waals surface area contributed by atoms with Crippen LogP contribution in [0, 0.1) is 11.3 Å². The van der Waals surface area contributed by atoms with Gasteiger partial charge < -0.3 is 0 Å². The summed E-state index contributed by atoms with van der Waals surface area (Å²) in [6.45, 7) is -0.0794. The minimum absolute atomic E-state index is 0.0794. The number of rotatable bonds is 2. The van der Waals surface area contributed by atoms with Gasteiger partial charge in [0, 0.05) is 29.4 Å². The zero-order chi connectivity index (χ0) is 19.9. The molecule has 28 heavy (non-hydrogen) atoms. The van der Waals surface area contributed by atoms with Crippen molar-refractivity contribution in [2.75, 3.05) is 16.3 Å². The Hall–Kier alpha value is -3.74. The predicted molar refractivity (Wildman–Crippen MR) is 93.4 cm³/mol. The van der Waals surface area contributed by atoms with Crippen molar-refractivity contribution >= 4 is 28.4 Å². The fourth-order valence-corrected chi connectivity index (χ4v) is 3.03. The van der Waals surface area contributed by atoms with Gasteiger partial charge in [0.05, 0.1) is 30.1 Å². The van der Waals surface area contributed by atoms with Crippen molar-refractivity contribution in [2.45, 2.75) is 12.2 Å². The molecule has 7 nitrogen and oxygen atoms in total. The average molecular weight is 384 g/mol. The van der Waals surface area contributed by atoms with E-state index in [1.54, 1.807) is 18.3 Å². The highest BCUT2D eigenvalue weighted by Crippen LogP contribution is 2.33. The third-order valence-corrected chi connectivity index (χ3v) is 4.37. The Morgan fingerprint density at radius 2 is 1.82 bits per heavy atom. The number of anilines is 2. The van der Waals surface area contributed by atoms with Gasteiger partial charge in [0.1, 0.15) is 6.04 Å². The van der Waals surface area contributed by atoms with E-state index >= 15 is 0 Å². The van der Waals surface area contributed by atoms with Crippen molar-refractivity contribution < 1.29 is 18.0 Å². The fraction of sp³-hybridized carbons (Fsp3) is 0.167. The van der Waals surface area contributed by atoms with Gasteiger partial charge in [-0.2, -0.15) is 18.4 Å². The molecule has 4 rings (SSSR count). The molecule has 1 atom stereocenters. The maximum absolute atomic E-state index is 13.0. The normalized spacial score (nSPS) is 17.2. The van der Waals surface area contributed by atoms with Gasteiger partial charge in [-0.05, 0) is 0 Å². The lowest BCUT2D eigenvalue weighted by Gasteiger charge is -2.20. The van der Waals surface area contributed by atoms with E-state index in [-0.39, 0.29) is 12.5 Å². The largest absolute Gasteiger partial charge is 0.419 e. The molecule has 3 aromatic rings. The summed E-state index contributed by atoms with van der Waals surface area (Å²) in [6.07, 6.45) is -0.249. The number of amides is 2. The van der Waals surface area contributed by atoms with Crippen molar-refractivity contribution in [2.24, 2.45) is 0 Å². The van der Waals surface area contributed by atoms with Crippen molar-refractivity contribution in [1.82, 2.24) is 15.0 Å². The molecule has 0 N–H and O–H groups in total. The number of pyridine rings is 1. The molecule has 1 saturated heterocycles. The fourth-order valence-electron chi connectivity index (χ4n) is 3.03. The monoisotopic (exact) mass is 384 g/mol. The second-order valence-corrected chi connectivity index (χ2v) is 6.06. The number of nitrogens with zero attached hydrogens (tertiary/aromatic N) is 6. The number of urea groups is 1. The number of fused-ring (bicyclic) bond motifs is 1. The molecular weight excluding hydrogens is 373 g/mol. The SMILES string of the molecule is N#C[C@H]1CN(c2ncc(C(F)(F)F)cn2)C(=O)N1c1cncc2ccccc12. The lowest BCUT2D eigenvalue weighted by Crippen LogP contribution is -2.35. The predicted octanol–water partition coefficient (Wildman–Crippen LogP) is 3.38. The highest BCUT2D eigenvalue weighted by atomic mass is 19.4. The summed E-state index contributed by atoms with van der Waals surface area (Å²) in [5, 5.41) is 11.0. The van der Waals surface area contributed by atoms with Crippen molar-refractivity contribution in [3.05, 3.63) is 54.6 Å². The topological polar surface area (TPSA) is 86.0 Å². The maximum atomic E-state index is 13.0. The molecule has 2 amide bonds. The van der Waals surface area contributed by atoms with Gasteiger partial charge in [0.25, 0.3) is 0 Å². The summed E-state index contributed by atoms with van der Waals surface area (Å²) in [4.78, 5) is 26.7. The zero-order valence-corrected chi connectivity index (χ0v) is 14.1. The van der Waals surface area contributed by atoms with Gasteiger partial charge in [0.2, 0.25) is 5.95 Å². The van der Waals surface area contributed by atoms with Crippen molar-refractivity contribution in [3.63, 3.8) is 0 Å². The van der Waals surface area contributed by atoms with Gasteiger partial charge in [-0.25, -0.2) is 14.8 Å². The molecular formula is C18H11F3N6O. The van der Waals surface area contributed by atoms with Crippen LogP contribution in [-0.2, 0) is 6.18 Å². The van der Waals surface area contributed by atoms with Gasteiger partial charge in [0.15, 0.2) is 0 Å². The molecule has 1 aliphatic heterocycles. The molecule has 0 aliphatic carbocycles. The quantitative estimate of drug-likeness (QED) is 0.676. The zero-order valence-electron chi connectivity index (χ0n) is 14.1. The Kier molecular flexibility index (Phi) is 4.07. The Balaban J connectivity index is 1.73. The van der Waals surface area contributed by atoms with Gasteiger partial charge in [-0.3, -0.25) is 14.8 Å². The third-order valence-electron chi connectivity index (χ3n) is 4.37. The van der Waals surface area contributed by atoms with E-state index in [2.05, 4.69) is 15.0 Å². The van der Waals surface area contributed by atoms with Crippen LogP contribution in [0.4, 0.5) is 29.6 Å². The van der Waals surface area contributed by atoms with Gasteiger partial charge >= 0.3 is 12.2 Å². The number of carbonyl (C=O) groups excluding carboxylic acids is 1. The van der Waals surface area contributed by atoms with E-state index in [9.17, 15) is 23.2 Å². The number of benzene rings is 1. The molecule has 0 bridgehead atoms. The van der Waals surface area contributed by atoms with Crippen molar-refractivity contribution in [3.8, 4) is 6.07 Å². The number of nitriles is 1. The molecule has 0 spiro atoms. The summed E-state index contributed by atoms with van der Waals surface area (Å²) in [7, 11) is 0. The molecule has 10 heteroatoms. The Morgan fingerprint density at radius 1 is 1.11 bits per heavy atom.